The van der Waals surface area contributed by atoms with E-state index in [-0.39, 0.29) is 24.2 Å². The summed E-state index contributed by atoms with van der Waals surface area (Å²) in [6.07, 6.45) is 18.7. The van der Waals surface area contributed by atoms with Crippen LogP contribution in [0.25, 0.3) is 0 Å². The number of hydrogen-bond donors (Lipinski definition) is 0. The van der Waals surface area contributed by atoms with Gasteiger partial charge in [0.05, 0.1) is 19.3 Å². The van der Waals surface area contributed by atoms with E-state index in [4.69, 9.17) is 27.1 Å². The molecule has 4 heteroatoms. The van der Waals surface area contributed by atoms with Crippen LogP contribution >= 0.6 is 0 Å². The van der Waals surface area contributed by atoms with Crippen LogP contribution in [0.5, 0.6) is 0 Å². The number of allylic oxidation sites excluding steroid dienone is 2. The molecule has 0 amide bonds. The van der Waals surface area contributed by atoms with Crippen LogP contribution in [0.4, 0.5) is 0 Å². The van der Waals surface area contributed by atoms with Crippen molar-refractivity contribution in [3.8, 4) is 24.7 Å². The molecule has 1 aliphatic rings. The first-order valence-corrected chi connectivity index (χ1v) is 9.74. The van der Waals surface area contributed by atoms with E-state index in [1.165, 1.54) is 5.57 Å². The van der Waals surface area contributed by atoms with Crippen LogP contribution in [0.15, 0.2) is 11.6 Å². The monoisotopic (exact) mass is 374 g/mol. The van der Waals surface area contributed by atoms with E-state index in [1.54, 1.807) is 7.11 Å². The van der Waals surface area contributed by atoms with Crippen molar-refractivity contribution < 1.29 is 19.0 Å². The Balaban J connectivity index is 2.38. The molecular weight excluding hydrogens is 340 g/mol. The second-order valence-corrected chi connectivity index (χ2v) is 7.44. The smallest absolute Gasteiger partial charge is 0.147 e. The van der Waals surface area contributed by atoms with Gasteiger partial charge in [0.15, 0.2) is 0 Å². The molecule has 150 valence electrons. The van der Waals surface area contributed by atoms with Crippen molar-refractivity contribution in [1.82, 2.24) is 0 Å². The molecule has 0 saturated heterocycles. The molecule has 0 aromatic rings. The molecular formula is C23H34O4. The van der Waals surface area contributed by atoms with Crippen LogP contribution in [-0.4, -0.2) is 39.0 Å². The van der Waals surface area contributed by atoms with E-state index in [0.29, 0.717) is 31.8 Å². The second-order valence-electron chi connectivity index (χ2n) is 7.44. The standard InChI is InChI=1S/C23H34O4/c1-6-9-21(27-18-26-17-16-25-5)13-11-19(3)10-8-15-23(4)20(7-2)12-14-22(23)24/h1-2,10,20-21H,8-9,11-18H2,3-5H3/b19-10+/t20-,21-,23+/m1/s1. The molecule has 0 radical (unpaired) electrons. The molecule has 1 fully saturated rings. The minimum atomic E-state index is -0.361. The lowest BCUT2D eigenvalue weighted by Gasteiger charge is -2.26. The van der Waals surface area contributed by atoms with Gasteiger partial charge in [-0.25, -0.2) is 0 Å². The van der Waals surface area contributed by atoms with Gasteiger partial charge in [-0.2, -0.15) is 0 Å². The van der Waals surface area contributed by atoms with Crippen LogP contribution in [0.3, 0.4) is 0 Å². The summed E-state index contributed by atoms with van der Waals surface area (Å²) < 4.78 is 16.0. The molecule has 0 aromatic carbocycles. The Morgan fingerprint density at radius 1 is 1.41 bits per heavy atom. The molecule has 1 aliphatic carbocycles. The van der Waals surface area contributed by atoms with Gasteiger partial charge >= 0.3 is 0 Å². The first-order valence-electron chi connectivity index (χ1n) is 9.74. The third-order valence-corrected chi connectivity index (χ3v) is 5.45. The molecule has 0 bridgehead atoms. The minimum Gasteiger partial charge on any atom is -0.382 e. The summed E-state index contributed by atoms with van der Waals surface area (Å²) in [7, 11) is 1.64. The Hall–Kier alpha value is -1.59. The molecule has 0 heterocycles. The van der Waals surface area contributed by atoms with Gasteiger partial charge in [0.1, 0.15) is 12.6 Å². The van der Waals surface area contributed by atoms with Crippen molar-refractivity contribution in [2.24, 2.45) is 11.3 Å². The highest BCUT2D eigenvalue weighted by molar-refractivity contribution is 5.87. The predicted molar refractivity (Wildman–Crippen MR) is 108 cm³/mol. The third kappa shape index (κ3) is 7.89. The van der Waals surface area contributed by atoms with Crippen molar-refractivity contribution >= 4 is 5.78 Å². The number of hydrogen-bond acceptors (Lipinski definition) is 4. The lowest BCUT2D eigenvalue weighted by Crippen LogP contribution is -2.28. The van der Waals surface area contributed by atoms with E-state index in [9.17, 15) is 4.79 Å². The number of ketones is 1. The van der Waals surface area contributed by atoms with Crippen molar-refractivity contribution in [1.29, 1.82) is 0 Å². The number of terminal acetylenes is 2. The molecule has 0 N–H and O–H groups in total. The lowest BCUT2D eigenvalue weighted by atomic mass is 9.75. The highest BCUT2D eigenvalue weighted by atomic mass is 16.7. The minimum absolute atomic E-state index is 0.0133. The van der Waals surface area contributed by atoms with Gasteiger partial charge in [0.2, 0.25) is 0 Å². The summed E-state index contributed by atoms with van der Waals surface area (Å²) in [6, 6.07) is 0. The largest absolute Gasteiger partial charge is 0.382 e. The summed E-state index contributed by atoms with van der Waals surface area (Å²) in [5.74, 6) is 5.86. The highest BCUT2D eigenvalue weighted by Gasteiger charge is 2.44. The maximum Gasteiger partial charge on any atom is 0.147 e. The number of rotatable bonds is 13. The van der Waals surface area contributed by atoms with E-state index in [0.717, 1.165) is 32.1 Å². The molecule has 0 unspecified atom stereocenters. The normalized spacial score (nSPS) is 23.8. The number of carbonyl (C=O) groups excluding carboxylic acids is 1. The predicted octanol–water partition coefficient (Wildman–Crippen LogP) is 4.14. The molecule has 0 spiro atoms. The molecule has 0 aromatic heterocycles. The van der Waals surface area contributed by atoms with Gasteiger partial charge in [-0.1, -0.05) is 18.6 Å². The molecule has 4 nitrogen and oxygen atoms in total. The summed E-state index contributed by atoms with van der Waals surface area (Å²) >= 11 is 0. The zero-order valence-corrected chi connectivity index (χ0v) is 17.1. The average molecular weight is 375 g/mol. The quantitative estimate of drug-likeness (QED) is 0.210. The Morgan fingerprint density at radius 3 is 2.85 bits per heavy atom. The summed E-state index contributed by atoms with van der Waals surface area (Å²) in [5, 5.41) is 0. The maximum atomic E-state index is 12.2. The molecule has 1 saturated carbocycles. The van der Waals surface area contributed by atoms with Crippen molar-refractivity contribution in [3.05, 3.63) is 11.6 Å². The van der Waals surface area contributed by atoms with Gasteiger partial charge in [-0.05, 0) is 39.0 Å². The van der Waals surface area contributed by atoms with Gasteiger partial charge < -0.3 is 14.2 Å². The fraction of sp³-hybridized carbons (Fsp3) is 0.696. The second kappa shape index (κ2) is 12.7. The van der Waals surface area contributed by atoms with Crippen LogP contribution < -0.4 is 0 Å². The number of methoxy groups -OCH3 is 1. The Kier molecular flexibility index (Phi) is 11.1. The average Bonchev–Trinajstić information content (AvgIpc) is 2.93. The Labute approximate surface area is 165 Å². The first kappa shape index (κ1) is 23.4. The fourth-order valence-electron chi connectivity index (χ4n) is 3.49. The van der Waals surface area contributed by atoms with Crippen LogP contribution in [0.2, 0.25) is 0 Å². The molecule has 3 atom stereocenters. The molecule has 0 aliphatic heterocycles. The van der Waals surface area contributed by atoms with Gasteiger partial charge in [0.25, 0.3) is 0 Å². The van der Waals surface area contributed by atoms with Gasteiger partial charge in [0, 0.05) is 31.3 Å². The van der Waals surface area contributed by atoms with E-state index in [1.807, 2.05) is 6.92 Å². The third-order valence-electron chi connectivity index (χ3n) is 5.45. The van der Waals surface area contributed by atoms with Crippen molar-refractivity contribution in [2.75, 3.05) is 27.1 Å². The fourth-order valence-corrected chi connectivity index (χ4v) is 3.49. The lowest BCUT2D eigenvalue weighted by molar-refractivity contribution is -0.126. The van der Waals surface area contributed by atoms with Crippen LogP contribution in [0, 0.1) is 36.0 Å². The van der Waals surface area contributed by atoms with E-state index < -0.39 is 0 Å². The van der Waals surface area contributed by atoms with Gasteiger partial charge in [-0.3, -0.25) is 4.79 Å². The zero-order chi connectivity index (χ0) is 20.1. The van der Waals surface area contributed by atoms with E-state index >= 15 is 0 Å². The van der Waals surface area contributed by atoms with Crippen LogP contribution in [-0.2, 0) is 19.0 Å². The summed E-state index contributed by atoms with van der Waals surface area (Å²) in [5.41, 5.74) is 0.924. The molecule has 27 heavy (non-hydrogen) atoms. The number of carbonyl (C=O) groups is 1. The van der Waals surface area contributed by atoms with E-state index in [2.05, 4.69) is 24.8 Å². The van der Waals surface area contributed by atoms with Gasteiger partial charge in [-0.15, -0.1) is 24.7 Å². The Morgan fingerprint density at radius 2 is 2.19 bits per heavy atom. The zero-order valence-electron chi connectivity index (χ0n) is 17.1. The highest BCUT2D eigenvalue weighted by Crippen LogP contribution is 2.43. The topological polar surface area (TPSA) is 44.8 Å². The first-order chi connectivity index (χ1) is 13.0. The SMILES string of the molecule is C#CC[C@H](CC/C(C)=C/CC[C@]1(C)C(=O)CC[C@H]1C#C)OCOCCOC. The maximum absolute atomic E-state index is 12.2. The van der Waals surface area contributed by atoms with Crippen molar-refractivity contribution in [3.63, 3.8) is 0 Å². The number of ether oxygens (including phenoxy) is 3. The summed E-state index contributed by atoms with van der Waals surface area (Å²) in [4.78, 5) is 12.2. The Bertz CT molecular complexity index is 566. The number of Topliss-reactive ketones (excluding diaryl/α,β-unsaturated/α-hetero) is 1. The molecule has 1 rings (SSSR count). The van der Waals surface area contributed by atoms with Crippen molar-refractivity contribution in [2.45, 2.75) is 64.9 Å². The van der Waals surface area contributed by atoms with Crippen LogP contribution in [0.1, 0.15) is 58.8 Å². The summed E-state index contributed by atoms with van der Waals surface area (Å²) in [6.45, 7) is 5.42.